The molecule has 0 aromatic heterocycles. The average Bonchev–Trinajstić information content (AvgIpc) is 2.55. The molecule has 1 saturated heterocycles. The summed E-state index contributed by atoms with van der Waals surface area (Å²) >= 11 is 0. The molecule has 6 nitrogen and oxygen atoms in total. The summed E-state index contributed by atoms with van der Waals surface area (Å²) in [5.74, 6) is 0.959. The lowest BCUT2D eigenvalue weighted by Gasteiger charge is -2.34. The summed E-state index contributed by atoms with van der Waals surface area (Å²) in [4.78, 5) is 27.0. The monoisotopic (exact) mass is 305 g/mol. The number of hydrogen-bond donors (Lipinski definition) is 1. The van der Waals surface area contributed by atoms with Gasteiger partial charge in [0.25, 0.3) is 0 Å². The van der Waals surface area contributed by atoms with Crippen LogP contribution in [0.25, 0.3) is 0 Å². The number of para-hydroxylation sites is 2. The Balaban J connectivity index is 1.75. The van der Waals surface area contributed by atoms with Crippen molar-refractivity contribution in [1.29, 1.82) is 0 Å². The van der Waals surface area contributed by atoms with Gasteiger partial charge in [0, 0.05) is 46.1 Å². The fraction of sp³-hybridized carbons (Fsp3) is 0.500. The number of carbonyl (C=O) groups is 2. The van der Waals surface area contributed by atoms with E-state index in [1.165, 1.54) is 0 Å². The maximum atomic E-state index is 12.2. The highest BCUT2D eigenvalue weighted by Crippen LogP contribution is 2.22. The van der Waals surface area contributed by atoms with Gasteiger partial charge in [0.1, 0.15) is 5.75 Å². The Bertz CT molecular complexity index is 525. The minimum atomic E-state index is 0.0740. The highest BCUT2D eigenvalue weighted by Gasteiger charge is 2.21. The molecule has 1 heterocycles. The number of nitrogens with one attached hydrogen (secondary N) is 1. The predicted octanol–water partition coefficient (Wildman–Crippen LogP) is 1.19. The summed E-state index contributed by atoms with van der Waals surface area (Å²) in [6.45, 7) is 4.61. The molecule has 1 N–H and O–H groups in total. The molecule has 0 unspecified atom stereocenters. The Kier molecular flexibility index (Phi) is 5.63. The third-order valence-corrected chi connectivity index (χ3v) is 3.84. The Morgan fingerprint density at radius 1 is 1.14 bits per heavy atom. The largest absolute Gasteiger partial charge is 0.495 e. The van der Waals surface area contributed by atoms with Crippen LogP contribution in [0.4, 0.5) is 5.69 Å². The van der Waals surface area contributed by atoms with E-state index in [0.717, 1.165) is 11.4 Å². The summed E-state index contributed by atoms with van der Waals surface area (Å²) in [5, 5.41) is 3.22. The SMILES string of the molecule is COc1ccccc1NCCC(=O)N1CCN(C(C)=O)CC1. The summed E-state index contributed by atoms with van der Waals surface area (Å²) in [7, 11) is 1.63. The van der Waals surface area contributed by atoms with Crippen molar-refractivity contribution in [1.82, 2.24) is 9.80 Å². The molecule has 22 heavy (non-hydrogen) atoms. The smallest absolute Gasteiger partial charge is 0.224 e. The third kappa shape index (κ3) is 4.13. The van der Waals surface area contributed by atoms with Crippen molar-refractivity contribution < 1.29 is 14.3 Å². The second-order valence-electron chi connectivity index (χ2n) is 5.26. The number of amides is 2. The molecular formula is C16H23N3O3. The van der Waals surface area contributed by atoms with Crippen molar-refractivity contribution in [2.75, 3.05) is 45.2 Å². The molecule has 1 fully saturated rings. The maximum absolute atomic E-state index is 12.2. The molecule has 0 atom stereocenters. The van der Waals surface area contributed by atoms with Gasteiger partial charge < -0.3 is 19.9 Å². The minimum absolute atomic E-state index is 0.0740. The van der Waals surface area contributed by atoms with E-state index < -0.39 is 0 Å². The number of methoxy groups -OCH3 is 1. The van der Waals surface area contributed by atoms with Crippen LogP contribution >= 0.6 is 0 Å². The van der Waals surface area contributed by atoms with Gasteiger partial charge in [0.05, 0.1) is 12.8 Å². The van der Waals surface area contributed by atoms with E-state index in [9.17, 15) is 9.59 Å². The number of benzene rings is 1. The van der Waals surface area contributed by atoms with Gasteiger partial charge in [-0.05, 0) is 12.1 Å². The van der Waals surface area contributed by atoms with E-state index in [2.05, 4.69) is 5.32 Å². The molecule has 120 valence electrons. The molecule has 1 aliphatic heterocycles. The molecule has 2 amide bonds. The van der Waals surface area contributed by atoms with Crippen molar-refractivity contribution in [2.45, 2.75) is 13.3 Å². The van der Waals surface area contributed by atoms with Gasteiger partial charge in [-0.15, -0.1) is 0 Å². The van der Waals surface area contributed by atoms with Crippen molar-refractivity contribution in [3.05, 3.63) is 24.3 Å². The van der Waals surface area contributed by atoms with Gasteiger partial charge in [0.15, 0.2) is 0 Å². The number of carbonyl (C=O) groups excluding carboxylic acids is 2. The molecule has 6 heteroatoms. The number of ether oxygens (including phenoxy) is 1. The molecule has 1 aromatic rings. The van der Waals surface area contributed by atoms with Crippen molar-refractivity contribution >= 4 is 17.5 Å². The van der Waals surface area contributed by atoms with Crippen molar-refractivity contribution in [3.8, 4) is 5.75 Å². The second-order valence-corrected chi connectivity index (χ2v) is 5.26. The van der Waals surface area contributed by atoms with Crippen LogP contribution in [0.15, 0.2) is 24.3 Å². The summed E-state index contributed by atoms with van der Waals surface area (Å²) in [6.07, 6.45) is 0.429. The van der Waals surface area contributed by atoms with Crippen LogP contribution in [0.2, 0.25) is 0 Å². The molecule has 1 aromatic carbocycles. The van der Waals surface area contributed by atoms with Crippen LogP contribution in [0.1, 0.15) is 13.3 Å². The highest BCUT2D eigenvalue weighted by molar-refractivity contribution is 5.78. The van der Waals surface area contributed by atoms with Crippen LogP contribution in [0.5, 0.6) is 5.75 Å². The van der Waals surface area contributed by atoms with E-state index in [4.69, 9.17) is 4.74 Å². The third-order valence-electron chi connectivity index (χ3n) is 3.84. The Labute approximate surface area is 131 Å². The van der Waals surface area contributed by atoms with Crippen LogP contribution in [0.3, 0.4) is 0 Å². The quantitative estimate of drug-likeness (QED) is 0.887. The fourth-order valence-corrected chi connectivity index (χ4v) is 2.52. The Hall–Kier alpha value is -2.24. The molecule has 0 spiro atoms. The van der Waals surface area contributed by atoms with Crippen LogP contribution in [0, 0.1) is 0 Å². The van der Waals surface area contributed by atoms with Gasteiger partial charge in [-0.1, -0.05) is 12.1 Å². The van der Waals surface area contributed by atoms with Gasteiger partial charge in [-0.2, -0.15) is 0 Å². The molecular weight excluding hydrogens is 282 g/mol. The standard InChI is InChI=1S/C16H23N3O3/c1-13(20)18-9-11-19(12-10-18)16(21)7-8-17-14-5-3-4-6-15(14)22-2/h3-6,17H,7-12H2,1-2H3. The first-order valence-electron chi connectivity index (χ1n) is 7.52. The first kappa shape index (κ1) is 16.1. The molecule has 0 radical (unpaired) electrons. The van der Waals surface area contributed by atoms with Gasteiger partial charge in [0.2, 0.25) is 11.8 Å². The summed E-state index contributed by atoms with van der Waals surface area (Å²) < 4.78 is 5.26. The molecule has 2 rings (SSSR count). The second kappa shape index (κ2) is 7.68. The Morgan fingerprint density at radius 2 is 1.77 bits per heavy atom. The summed E-state index contributed by atoms with van der Waals surface area (Å²) in [5.41, 5.74) is 0.888. The van der Waals surface area contributed by atoms with Gasteiger partial charge in [-0.3, -0.25) is 9.59 Å². The molecule has 0 bridgehead atoms. The van der Waals surface area contributed by atoms with E-state index in [1.807, 2.05) is 29.2 Å². The molecule has 1 aliphatic rings. The zero-order valence-electron chi connectivity index (χ0n) is 13.2. The number of anilines is 1. The van der Waals surface area contributed by atoms with Gasteiger partial charge in [-0.25, -0.2) is 0 Å². The highest BCUT2D eigenvalue weighted by atomic mass is 16.5. The Morgan fingerprint density at radius 3 is 2.41 bits per heavy atom. The number of hydrogen-bond acceptors (Lipinski definition) is 4. The summed E-state index contributed by atoms with van der Waals surface area (Å²) in [6, 6.07) is 7.64. The lowest BCUT2D eigenvalue weighted by molar-refractivity contribution is -0.138. The molecule has 0 aliphatic carbocycles. The zero-order chi connectivity index (χ0) is 15.9. The zero-order valence-corrected chi connectivity index (χ0v) is 13.2. The lowest BCUT2D eigenvalue weighted by Crippen LogP contribution is -2.50. The van der Waals surface area contributed by atoms with E-state index >= 15 is 0 Å². The topological polar surface area (TPSA) is 61.9 Å². The van der Waals surface area contributed by atoms with Crippen molar-refractivity contribution in [3.63, 3.8) is 0 Å². The van der Waals surface area contributed by atoms with E-state index in [-0.39, 0.29) is 11.8 Å². The number of rotatable bonds is 5. The molecule has 0 saturated carbocycles. The van der Waals surface area contributed by atoms with Crippen molar-refractivity contribution in [2.24, 2.45) is 0 Å². The average molecular weight is 305 g/mol. The van der Waals surface area contributed by atoms with E-state index in [0.29, 0.717) is 39.1 Å². The normalized spacial score (nSPS) is 14.6. The minimum Gasteiger partial charge on any atom is -0.495 e. The van der Waals surface area contributed by atoms with Crippen LogP contribution in [-0.2, 0) is 9.59 Å². The predicted molar refractivity (Wildman–Crippen MR) is 84.9 cm³/mol. The number of nitrogens with zero attached hydrogens (tertiary/aromatic N) is 2. The fourth-order valence-electron chi connectivity index (χ4n) is 2.52. The maximum Gasteiger partial charge on any atom is 0.224 e. The van der Waals surface area contributed by atoms with Gasteiger partial charge >= 0.3 is 0 Å². The van der Waals surface area contributed by atoms with Crippen LogP contribution < -0.4 is 10.1 Å². The van der Waals surface area contributed by atoms with E-state index in [1.54, 1.807) is 18.9 Å². The first-order valence-corrected chi connectivity index (χ1v) is 7.52. The number of piperazine rings is 1. The first-order chi connectivity index (χ1) is 10.6. The van der Waals surface area contributed by atoms with Crippen LogP contribution in [-0.4, -0.2) is 61.4 Å². The lowest BCUT2D eigenvalue weighted by atomic mass is 10.2.